The Morgan fingerprint density at radius 1 is 1.18 bits per heavy atom. The van der Waals surface area contributed by atoms with E-state index < -0.39 is 0 Å². The number of carbonyl (C=O) groups is 1. The van der Waals surface area contributed by atoms with E-state index >= 15 is 0 Å². The van der Waals surface area contributed by atoms with Gasteiger partial charge in [-0.25, -0.2) is 0 Å². The van der Waals surface area contributed by atoms with Gasteiger partial charge in [0.2, 0.25) is 0 Å². The second kappa shape index (κ2) is 6.91. The van der Waals surface area contributed by atoms with Gasteiger partial charge in [-0.3, -0.25) is 4.79 Å². The summed E-state index contributed by atoms with van der Waals surface area (Å²) in [5, 5.41) is 2.84. The van der Waals surface area contributed by atoms with E-state index in [1.54, 1.807) is 25.2 Å². The minimum atomic E-state index is 0.0384. The van der Waals surface area contributed by atoms with E-state index in [1.807, 2.05) is 13.8 Å². The largest absolute Gasteiger partial charge is 0.490 e. The molecule has 1 rings (SSSR count). The summed E-state index contributed by atoms with van der Waals surface area (Å²) < 4.78 is 10.9. The number of hydrogen-bond acceptors (Lipinski definition) is 4. The molecule has 0 unspecified atom stereocenters. The van der Waals surface area contributed by atoms with Crippen LogP contribution in [-0.2, 0) is 0 Å². The molecule has 1 aromatic rings. The highest BCUT2D eigenvalue weighted by molar-refractivity contribution is 5.98. The van der Waals surface area contributed by atoms with Gasteiger partial charge < -0.3 is 14.8 Å². The lowest BCUT2D eigenvalue weighted by Crippen LogP contribution is -2.18. The van der Waals surface area contributed by atoms with Gasteiger partial charge in [-0.05, 0) is 39.1 Å². The van der Waals surface area contributed by atoms with Crippen LogP contribution in [0.4, 0.5) is 0 Å². The van der Waals surface area contributed by atoms with Crippen molar-refractivity contribution in [3.05, 3.63) is 23.8 Å². The van der Waals surface area contributed by atoms with Crippen molar-refractivity contribution in [2.45, 2.75) is 13.8 Å². The van der Waals surface area contributed by atoms with Gasteiger partial charge in [0.15, 0.2) is 17.3 Å². The fraction of sp³-hybridized carbons (Fsp3) is 0.462. The number of nitrogens with one attached hydrogen (secondary N) is 1. The Morgan fingerprint density at radius 2 is 1.82 bits per heavy atom. The number of benzene rings is 1. The van der Waals surface area contributed by atoms with E-state index in [0.717, 1.165) is 0 Å². The van der Waals surface area contributed by atoms with Gasteiger partial charge in [0, 0.05) is 5.56 Å². The summed E-state index contributed by atoms with van der Waals surface area (Å²) in [6.07, 6.45) is 0. The van der Waals surface area contributed by atoms with Crippen LogP contribution in [0.1, 0.15) is 24.2 Å². The number of likely N-dealkylation sites (N-methyl/N-ethyl adjacent to an activating group) is 1. The molecule has 0 aromatic heterocycles. The second-order valence-electron chi connectivity index (χ2n) is 3.48. The zero-order valence-electron chi connectivity index (χ0n) is 10.6. The number of ether oxygens (including phenoxy) is 2. The predicted molar refractivity (Wildman–Crippen MR) is 67.0 cm³/mol. The molecule has 0 amide bonds. The molecule has 0 fully saturated rings. The van der Waals surface area contributed by atoms with E-state index in [9.17, 15) is 4.79 Å². The van der Waals surface area contributed by atoms with Crippen LogP contribution in [0, 0.1) is 0 Å². The summed E-state index contributed by atoms with van der Waals surface area (Å²) in [6.45, 7) is 5.25. The molecule has 0 bridgehead atoms. The molecule has 0 saturated carbocycles. The van der Waals surface area contributed by atoms with Crippen LogP contribution in [0.3, 0.4) is 0 Å². The zero-order valence-corrected chi connectivity index (χ0v) is 10.6. The van der Waals surface area contributed by atoms with Crippen molar-refractivity contribution in [1.29, 1.82) is 0 Å². The summed E-state index contributed by atoms with van der Waals surface area (Å²) in [5.74, 6) is 1.34. The first kappa shape index (κ1) is 13.5. The maximum atomic E-state index is 11.7. The summed E-state index contributed by atoms with van der Waals surface area (Å²) in [5.41, 5.74) is 0.631. The zero-order chi connectivity index (χ0) is 12.7. The van der Waals surface area contributed by atoms with Gasteiger partial charge >= 0.3 is 0 Å². The third kappa shape index (κ3) is 3.75. The SMILES string of the molecule is CCOc1ccc(C(=O)CNC)cc1OCC. The summed E-state index contributed by atoms with van der Waals surface area (Å²) in [6, 6.07) is 5.26. The minimum Gasteiger partial charge on any atom is -0.490 e. The Hall–Kier alpha value is -1.55. The molecule has 1 aromatic carbocycles. The maximum Gasteiger partial charge on any atom is 0.176 e. The van der Waals surface area contributed by atoms with Crippen molar-refractivity contribution in [2.24, 2.45) is 0 Å². The normalized spacial score (nSPS) is 10.1. The number of Topliss-reactive ketones (excluding diaryl/α,β-unsaturated/α-hetero) is 1. The van der Waals surface area contributed by atoms with Crippen LogP contribution in [0.25, 0.3) is 0 Å². The Bertz CT molecular complexity index is 377. The molecule has 1 N–H and O–H groups in total. The van der Waals surface area contributed by atoms with Crippen molar-refractivity contribution in [2.75, 3.05) is 26.8 Å². The predicted octanol–water partition coefficient (Wildman–Crippen LogP) is 1.89. The Morgan fingerprint density at radius 3 is 2.41 bits per heavy atom. The van der Waals surface area contributed by atoms with E-state index in [2.05, 4.69) is 5.32 Å². The lowest BCUT2D eigenvalue weighted by Gasteiger charge is -2.11. The fourth-order valence-corrected chi connectivity index (χ4v) is 1.49. The van der Waals surface area contributed by atoms with Crippen molar-refractivity contribution < 1.29 is 14.3 Å². The van der Waals surface area contributed by atoms with Crippen LogP contribution in [0.2, 0.25) is 0 Å². The lowest BCUT2D eigenvalue weighted by molar-refractivity contribution is 0.0993. The van der Waals surface area contributed by atoms with E-state index in [-0.39, 0.29) is 5.78 Å². The minimum absolute atomic E-state index is 0.0384. The molecule has 4 nitrogen and oxygen atoms in total. The molecule has 0 aliphatic carbocycles. The fourth-order valence-electron chi connectivity index (χ4n) is 1.49. The van der Waals surface area contributed by atoms with Gasteiger partial charge in [-0.1, -0.05) is 0 Å². The number of ketones is 1. The Labute approximate surface area is 102 Å². The summed E-state index contributed by atoms with van der Waals surface area (Å²) in [4.78, 5) is 11.7. The van der Waals surface area contributed by atoms with Crippen molar-refractivity contribution in [3.8, 4) is 11.5 Å². The van der Waals surface area contributed by atoms with Crippen LogP contribution in [0.5, 0.6) is 11.5 Å². The van der Waals surface area contributed by atoms with Crippen LogP contribution in [-0.4, -0.2) is 32.6 Å². The average Bonchev–Trinajstić information content (AvgIpc) is 2.32. The monoisotopic (exact) mass is 237 g/mol. The van der Waals surface area contributed by atoms with Gasteiger partial charge in [0.25, 0.3) is 0 Å². The lowest BCUT2D eigenvalue weighted by atomic mass is 10.1. The molecule has 0 radical (unpaired) electrons. The van der Waals surface area contributed by atoms with Crippen molar-refractivity contribution in [1.82, 2.24) is 5.32 Å². The molecule has 0 aliphatic heterocycles. The van der Waals surface area contributed by atoms with Gasteiger partial charge in [-0.15, -0.1) is 0 Å². The molecule has 94 valence electrons. The van der Waals surface area contributed by atoms with Gasteiger partial charge in [0.05, 0.1) is 19.8 Å². The number of carbonyl (C=O) groups excluding carboxylic acids is 1. The highest BCUT2D eigenvalue weighted by Gasteiger charge is 2.10. The van der Waals surface area contributed by atoms with Crippen LogP contribution in [0.15, 0.2) is 18.2 Å². The molecule has 0 saturated heterocycles. The molecule has 0 aliphatic rings. The third-order valence-corrected chi connectivity index (χ3v) is 2.20. The molecule has 0 atom stereocenters. The highest BCUT2D eigenvalue weighted by Crippen LogP contribution is 2.28. The first-order chi connectivity index (χ1) is 8.22. The third-order valence-electron chi connectivity index (χ3n) is 2.20. The van der Waals surface area contributed by atoms with Crippen LogP contribution >= 0.6 is 0 Å². The molecular formula is C13H19NO3. The van der Waals surface area contributed by atoms with Crippen molar-refractivity contribution >= 4 is 5.78 Å². The number of rotatable bonds is 7. The summed E-state index contributed by atoms with van der Waals surface area (Å²) >= 11 is 0. The molecular weight excluding hydrogens is 218 g/mol. The average molecular weight is 237 g/mol. The van der Waals surface area contributed by atoms with Crippen molar-refractivity contribution in [3.63, 3.8) is 0 Å². The topological polar surface area (TPSA) is 47.6 Å². The first-order valence-corrected chi connectivity index (χ1v) is 5.80. The van der Waals surface area contributed by atoms with E-state index in [0.29, 0.717) is 36.8 Å². The summed E-state index contributed by atoms with van der Waals surface area (Å²) in [7, 11) is 1.75. The second-order valence-corrected chi connectivity index (χ2v) is 3.48. The van der Waals surface area contributed by atoms with E-state index in [1.165, 1.54) is 0 Å². The van der Waals surface area contributed by atoms with E-state index in [4.69, 9.17) is 9.47 Å². The Kier molecular flexibility index (Phi) is 5.49. The molecule has 4 heteroatoms. The maximum absolute atomic E-state index is 11.7. The quantitative estimate of drug-likeness (QED) is 0.736. The molecule has 17 heavy (non-hydrogen) atoms. The van der Waals surface area contributed by atoms with Gasteiger partial charge in [-0.2, -0.15) is 0 Å². The Balaban J connectivity index is 2.95. The first-order valence-electron chi connectivity index (χ1n) is 5.80. The smallest absolute Gasteiger partial charge is 0.176 e. The standard InChI is InChI=1S/C13H19NO3/c1-4-16-12-7-6-10(11(15)9-14-3)8-13(12)17-5-2/h6-8,14H,4-5,9H2,1-3H3. The highest BCUT2D eigenvalue weighted by atomic mass is 16.5. The molecule has 0 spiro atoms. The molecule has 0 heterocycles. The number of hydrogen-bond donors (Lipinski definition) is 1. The van der Waals surface area contributed by atoms with Gasteiger partial charge in [0.1, 0.15) is 0 Å². The van der Waals surface area contributed by atoms with Crippen LogP contribution < -0.4 is 14.8 Å².